The number of carbonyl (C=O) groups is 2. The van der Waals surface area contributed by atoms with Gasteiger partial charge < -0.3 is 15.0 Å². The van der Waals surface area contributed by atoms with E-state index in [0.717, 1.165) is 23.1 Å². The normalized spacial score (nSPS) is 14.5. The first-order valence-electron chi connectivity index (χ1n) is 10.2. The van der Waals surface area contributed by atoms with Crippen LogP contribution in [0.25, 0.3) is 10.9 Å². The first kappa shape index (κ1) is 22.5. The summed E-state index contributed by atoms with van der Waals surface area (Å²) in [6.07, 6.45) is 2.78. The van der Waals surface area contributed by atoms with Gasteiger partial charge >= 0.3 is 18.4 Å². The maximum absolute atomic E-state index is 14.1. The van der Waals surface area contributed by atoms with E-state index in [1.54, 1.807) is 12.3 Å². The Bertz CT molecular complexity index is 1200. The zero-order valence-electron chi connectivity index (χ0n) is 17.2. The van der Waals surface area contributed by atoms with Crippen LogP contribution in [0.15, 0.2) is 48.7 Å². The number of likely N-dealkylation sites (tertiary alicyclic amines) is 1. The number of nitrogens with zero attached hydrogens (tertiary/aromatic N) is 2. The Morgan fingerprint density at radius 3 is 2.52 bits per heavy atom. The quantitative estimate of drug-likeness (QED) is 0.460. The Balaban J connectivity index is 1.39. The van der Waals surface area contributed by atoms with E-state index >= 15 is 0 Å². The molecule has 6 nitrogen and oxygen atoms in total. The minimum atomic E-state index is -3.11. The van der Waals surface area contributed by atoms with Gasteiger partial charge in [0.2, 0.25) is 0 Å². The number of anilines is 1. The van der Waals surface area contributed by atoms with Crippen LogP contribution in [0.1, 0.15) is 24.3 Å². The third-order valence-electron chi connectivity index (χ3n) is 5.57. The molecule has 1 saturated heterocycles. The predicted molar refractivity (Wildman–Crippen MR) is 112 cm³/mol. The van der Waals surface area contributed by atoms with Crippen LogP contribution in [0, 0.1) is 11.6 Å². The van der Waals surface area contributed by atoms with Crippen LogP contribution in [0.3, 0.4) is 0 Å². The topological polar surface area (TPSA) is 71.5 Å². The first-order chi connectivity index (χ1) is 15.8. The number of benzene rings is 2. The van der Waals surface area contributed by atoms with Crippen molar-refractivity contribution < 1.29 is 31.9 Å². The number of fused-ring (bicyclic) bond motifs is 1. The zero-order chi connectivity index (χ0) is 23.5. The molecule has 1 aromatic heterocycles. The highest BCUT2D eigenvalue weighted by atomic mass is 19.3. The number of halogens is 4. The van der Waals surface area contributed by atoms with Crippen molar-refractivity contribution in [2.24, 2.45) is 0 Å². The molecule has 3 aromatic rings. The maximum atomic E-state index is 14.1. The molecule has 0 saturated carbocycles. The molecule has 0 spiro atoms. The van der Waals surface area contributed by atoms with E-state index in [4.69, 9.17) is 0 Å². The molecule has 2 heterocycles. The van der Waals surface area contributed by atoms with E-state index in [1.165, 1.54) is 17.0 Å². The molecule has 33 heavy (non-hydrogen) atoms. The summed E-state index contributed by atoms with van der Waals surface area (Å²) in [6, 6.07) is 9.03. The van der Waals surface area contributed by atoms with E-state index < -0.39 is 30.0 Å². The number of carbonyl (C=O) groups excluding carboxylic acids is 2. The number of pyridine rings is 1. The summed E-state index contributed by atoms with van der Waals surface area (Å²) in [5, 5.41) is 2.88. The van der Waals surface area contributed by atoms with Crippen molar-refractivity contribution in [3.63, 3.8) is 0 Å². The highest BCUT2D eigenvalue weighted by Gasteiger charge is 2.29. The van der Waals surface area contributed by atoms with Gasteiger partial charge in [-0.15, -0.1) is 0 Å². The van der Waals surface area contributed by atoms with Crippen LogP contribution in [-0.4, -0.2) is 41.4 Å². The van der Waals surface area contributed by atoms with Crippen molar-refractivity contribution >= 4 is 28.4 Å². The number of amides is 2. The molecule has 0 aliphatic carbocycles. The van der Waals surface area contributed by atoms with E-state index in [2.05, 4.69) is 15.0 Å². The molecule has 10 heteroatoms. The zero-order valence-corrected chi connectivity index (χ0v) is 17.2. The van der Waals surface area contributed by atoms with E-state index in [-0.39, 0.29) is 17.4 Å². The largest absolute Gasteiger partial charge is 0.435 e. The summed E-state index contributed by atoms with van der Waals surface area (Å²) in [5.74, 6) is -3.58. The third-order valence-corrected chi connectivity index (χ3v) is 5.57. The van der Waals surface area contributed by atoms with Gasteiger partial charge in [0, 0.05) is 30.7 Å². The number of ether oxygens (including phenoxy) is 1. The number of nitrogens with one attached hydrogen (secondary N) is 1. The molecule has 0 unspecified atom stereocenters. The molecule has 2 aromatic carbocycles. The monoisotopic (exact) mass is 461 g/mol. The predicted octanol–water partition coefficient (Wildman–Crippen LogP) is 4.46. The van der Waals surface area contributed by atoms with Crippen LogP contribution < -0.4 is 10.1 Å². The van der Waals surface area contributed by atoms with Gasteiger partial charge in [-0.2, -0.15) is 8.78 Å². The van der Waals surface area contributed by atoms with E-state index in [1.807, 2.05) is 6.07 Å². The second kappa shape index (κ2) is 9.43. The molecule has 0 atom stereocenters. The van der Waals surface area contributed by atoms with Crippen LogP contribution in [-0.2, 0) is 9.59 Å². The average Bonchev–Trinajstić information content (AvgIpc) is 2.79. The number of piperidine rings is 1. The smallest absolute Gasteiger partial charge is 0.387 e. The van der Waals surface area contributed by atoms with Crippen molar-refractivity contribution in [2.75, 3.05) is 18.4 Å². The van der Waals surface area contributed by atoms with E-state index in [9.17, 15) is 27.2 Å². The lowest BCUT2D eigenvalue weighted by Gasteiger charge is -2.32. The fraction of sp³-hybridized carbons (Fsp3) is 0.261. The van der Waals surface area contributed by atoms with E-state index in [0.29, 0.717) is 37.5 Å². The molecule has 4 rings (SSSR count). The summed E-state index contributed by atoms with van der Waals surface area (Å²) in [6.45, 7) is -2.53. The first-order valence-corrected chi connectivity index (χ1v) is 10.2. The summed E-state index contributed by atoms with van der Waals surface area (Å²) < 4.78 is 56.3. The van der Waals surface area contributed by atoms with Crippen molar-refractivity contribution in [3.05, 3.63) is 65.9 Å². The standard InChI is InChI=1S/C23H19F4N3O3/c24-14-1-3-19-17(11-14)16(5-8-28-19)13-6-9-30(10-7-13)22(32)21(31)29-20-4-2-15(12-18(20)25)33-23(26)27/h1-5,8,11-13,23H,6-7,9-10H2,(H,29,31). The second-order valence-electron chi connectivity index (χ2n) is 7.60. The molecule has 1 N–H and O–H groups in total. The van der Waals surface area contributed by atoms with Gasteiger partial charge in [-0.25, -0.2) is 8.78 Å². The Labute approximate surface area is 186 Å². The molecule has 0 bridgehead atoms. The van der Waals surface area contributed by atoms with Gasteiger partial charge in [-0.1, -0.05) is 0 Å². The third kappa shape index (κ3) is 5.05. The van der Waals surface area contributed by atoms with Crippen molar-refractivity contribution in [1.82, 2.24) is 9.88 Å². The van der Waals surface area contributed by atoms with Gasteiger partial charge in [0.05, 0.1) is 11.2 Å². The van der Waals surface area contributed by atoms with Crippen LogP contribution in [0.2, 0.25) is 0 Å². The maximum Gasteiger partial charge on any atom is 0.387 e. The summed E-state index contributed by atoms with van der Waals surface area (Å²) in [7, 11) is 0. The van der Waals surface area contributed by atoms with Crippen molar-refractivity contribution in [1.29, 1.82) is 0 Å². The highest BCUT2D eigenvalue weighted by molar-refractivity contribution is 6.39. The molecule has 1 fully saturated rings. The Morgan fingerprint density at radius 1 is 1.06 bits per heavy atom. The molecule has 1 aliphatic heterocycles. The van der Waals surface area contributed by atoms with Gasteiger partial charge in [0.1, 0.15) is 17.4 Å². The fourth-order valence-electron chi connectivity index (χ4n) is 3.98. The number of alkyl halides is 2. The van der Waals surface area contributed by atoms with Crippen molar-refractivity contribution in [2.45, 2.75) is 25.4 Å². The summed E-state index contributed by atoms with van der Waals surface area (Å²) in [4.78, 5) is 30.5. The molecule has 0 radical (unpaired) electrons. The second-order valence-corrected chi connectivity index (χ2v) is 7.60. The highest BCUT2D eigenvalue weighted by Crippen LogP contribution is 2.33. The molecule has 172 valence electrons. The van der Waals surface area contributed by atoms with Gasteiger partial charge in [-0.3, -0.25) is 14.6 Å². The van der Waals surface area contributed by atoms with Gasteiger partial charge in [0.15, 0.2) is 0 Å². The molecule has 2 amide bonds. The summed E-state index contributed by atoms with van der Waals surface area (Å²) >= 11 is 0. The number of rotatable bonds is 4. The Morgan fingerprint density at radius 2 is 1.82 bits per heavy atom. The number of hydrogen-bond donors (Lipinski definition) is 1. The number of hydrogen-bond acceptors (Lipinski definition) is 4. The van der Waals surface area contributed by atoms with Gasteiger partial charge in [0.25, 0.3) is 0 Å². The van der Waals surface area contributed by atoms with Crippen LogP contribution >= 0.6 is 0 Å². The lowest BCUT2D eigenvalue weighted by molar-refractivity contribution is -0.143. The van der Waals surface area contributed by atoms with Gasteiger partial charge in [-0.05, 0) is 60.7 Å². The lowest BCUT2D eigenvalue weighted by Crippen LogP contribution is -2.44. The fourth-order valence-corrected chi connectivity index (χ4v) is 3.98. The SMILES string of the molecule is O=C(Nc1ccc(OC(F)F)cc1F)C(=O)N1CCC(c2ccnc3ccc(F)cc23)CC1. The Hall–Kier alpha value is -3.69. The average molecular weight is 461 g/mol. The molecular formula is C23H19F4N3O3. The van der Waals surface area contributed by atoms with Crippen LogP contribution in [0.5, 0.6) is 5.75 Å². The minimum Gasteiger partial charge on any atom is -0.435 e. The lowest BCUT2D eigenvalue weighted by atomic mass is 9.87. The molecule has 1 aliphatic rings. The summed E-state index contributed by atoms with van der Waals surface area (Å²) in [5.41, 5.74) is 1.29. The van der Waals surface area contributed by atoms with Crippen LogP contribution in [0.4, 0.5) is 23.2 Å². The van der Waals surface area contributed by atoms with Crippen molar-refractivity contribution in [3.8, 4) is 5.75 Å². The molecular weight excluding hydrogens is 442 g/mol. The Kier molecular flexibility index (Phi) is 6.43. The number of aromatic nitrogens is 1. The minimum absolute atomic E-state index is 0.0595.